The van der Waals surface area contributed by atoms with E-state index in [0.717, 1.165) is 12.2 Å². The minimum atomic E-state index is -0.648. The molecule has 0 aliphatic carbocycles. The first-order chi connectivity index (χ1) is 15.1. The van der Waals surface area contributed by atoms with E-state index in [4.69, 9.17) is 23.2 Å². The average molecular weight is 496 g/mol. The third-order valence-electron chi connectivity index (χ3n) is 5.33. The van der Waals surface area contributed by atoms with Gasteiger partial charge in [-0.15, -0.1) is 11.8 Å². The minimum absolute atomic E-state index is 0.0322. The summed E-state index contributed by atoms with van der Waals surface area (Å²) in [5.41, 5.74) is 4.24. The average Bonchev–Trinajstić information content (AvgIpc) is 2.72. The molecule has 2 rings (SSSR count). The molecule has 0 saturated heterocycles. The highest BCUT2D eigenvalue weighted by Gasteiger charge is 2.28. The molecule has 2 aromatic rings. The van der Waals surface area contributed by atoms with Gasteiger partial charge >= 0.3 is 0 Å². The summed E-state index contributed by atoms with van der Waals surface area (Å²) in [6, 6.07) is 11.0. The Bertz CT molecular complexity index is 911. The Morgan fingerprint density at radius 1 is 1.06 bits per heavy atom. The molecule has 0 aliphatic heterocycles. The zero-order valence-electron chi connectivity index (χ0n) is 19.4. The van der Waals surface area contributed by atoms with Crippen molar-refractivity contribution >= 4 is 46.8 Å². The molecule has 0 radical (unpaired) electrons. The van der Waals surface area contributed by atoms with Crippen molar-refractivity contribution in [2.75, 3.05) is 5.75 Å². The Balaban J connectivity index is 2.16. The standard InChI is InChI=1S/C25H32Cl2N2O2S/c1-6-18(4)28-25(31)19(5)29(13-21-22(26)8-7-9-23(21)27)24(30)15-32-14-20-11-16(2)10-17(3)12-20/h7-12,18-19H,6,13-15H2,1-5H3,(H,28,31). The predicted molar refractivity (Wildman–Crippen MR) is 136 cm³/mol. The number of rotatable bonds is 10. The largest absolute Gasteiger partial charge is 0.352 e. The lowest BCUT2D eigenvalue weighted by Crippen LogP contribution is -2.50. The van der Waals surface area contributed by atoms with Gasteiger partial charge < -0.3 is 10.2 Å². The van der Waals surface area contributed by atoms with Gasteiger partial charge in [0.15, 0.2) is 0 Å². The molecule has 2 atom stereocenters. The van der Waals surface area contributed by atoms with Crippen molar-refractivity contribution in [3.05, 3.63) is 68.7 Å². The number of nitrogens with one attached hydrogen (secondary N) is 1. The Morgan fingerprint density at radius 2 is 1.66 bits per heavy atom. The van der Waals surface area contributed by atoms with Crippen LogP contribution in [0.2, 0.25) is 10.0 Å². The predicted octanol–water partition coefficient (Wildman–Crippen LogP) is 6.18. The van der Waals surface area contributed by atoms with Crippen LogP contribution in [0.5, 0.6) is 0 Å². The lowest BCUT2D eigenvalue weighted by Gasteiger charge is -2.30. The van der Waals surface area contributed by atoms with Crippen LogP contribution in [0.4, 0.5) is 0 Å². The van der Waals surface area contributed by atoms with Crippen LogP contribution in [0.3, 0.4) is 0 Å². The molecular weight excluding hydrogens is 463 g/mol. The summed E-state index contributed by atoms with van der Waals surface area (Å²) >= 11 is 14.2. The van der Waals surface area contributed by atoms with Crippen molar-refractivity contribution in [2.24, 2.45) is 0 Å². The Labute approximate surface area is 206 Å². The summed E-state index contributed by atoms with van der Waals surface area (Å²) in [4.78, 5) is 27.6. The second-order valence-corrected chi connectivity index (χ2v) is 10.0. The summed E-state index contributed by atoms with van der Waals surface area (Å²) < 4.78 is 0. The van der Waals surface area contributed by atoms with E-state index >= 15 is 0 Å². The van der Waals surface area contributed by atoms with Crippen molar-refractivity contribution < 1.29 is 9.59 Å². The second-order valence-electron chi connectivity index (χ2n) is 8.20. The van der Waals surface area contributed by atoms with Crippen molar-refractivity contribution in [2.45, 2.75) is 65.4 Å². The number of hydrogen-bond acceptors (Lipinski definition) is 3. The summed E-state index contributed by atoms with van der Waals surface area (Å²) in [5, 5.41) is 3.93. The van der Waals surface area contributed by atoms with Crippen LogP contribution in [-0.4, -0.2) is 34.6 Å². The first-order valence-corrected chi connectivity index (χ1v) is 12.7. The van der Waals surface area contributed by atoms with Gasteiger partial charge in [-0.3, -0.25) is 9.59 Å². The quantitative estimate of drug-likeness (QED) is 0.429. The van der Waals surface area contributed by atoms with Crippen molar-refractivity contribution in [1.29, 1.82) is 0 Å². The molecule has 0 aromatic heterocycles. The van der Waals surface area contributed by atoms with Crippen LogP contribution in [0.25, 0.3) is 0 Å². The molecule has 2 unspecified atom stereocenters. The van der Waals surface area contributed by atoms with E-state index in [2.05, 4.69) is 37.4 Å². The fourth-order valence-electron chi connectivity index (χ4n) is 3.39. The van der Waals surface area contributed by atoms with Crippen LogP contribution in [0, 0.1) is 13.8 Å². The first-order valence-electron chi connectivity index (χ1n) is 10.8. The van der Waals surface area contributed by atoms with Crippen LogP contribution in [0.1, 0.15) is 49.4 Å². The molecule has 4 nitrogen and oxygen atoms in total. The molecule has 0 spiro atoms. The van der Waals surface area contributed by atoms with Crippen molar-refractivity contribution in [3.63, 3.8) is 0 Å². The van der Waals surface area contributed by atoms with E-state index in [1.807, 2.05) is 13.8 Å². The number of aryl methyl sites for hydroxylation is 2. The van der Waals surface area contributed by atoms with Gasteiger partial charge in [0.25, 0.3) is 0 Å². The Kier molecular flexibility index (Phi) is 10.4. The molecule has 0 fully saturated rings. The fourth-order valence-corrected chi connectivity index (χ4v) is 4.76. The fraction of sp³-hybridized carbons (Fsp3) is 0.440. The third kappa shape index (κ3) is 7.72. The topological polar surface area (TPSA) is 49.4 Å². The van der Waals surface area contributed by atoms with E-state index in [9.17, 15) is 9.59 Å². The molecule has 7 heteroatoms. The maximum absolute atomic E-state index is 13.2. The summed E-state index contributed by atoms with van der Waals surface area (Å²) in [5.74, 6) is 0.677. The number of halogens is 2. The minimum Gasteiger partial charge on any atom is -0.352 e. The smallest absolute Gasteiger partial charge is 0.242 e. The molecule has 0 heterocycles. The van der Waals surface area contributed by atoms with E-state index in [1.54, 1.807) is 30.0 Å². The molecule has 2 aromatic carbocycles. The Hall–Kier alpha value is -1.69. The number of hydrogen-bond donors (Lipinski definition) is 1. The zero-order chi connectivity index (χ0) is 23.8. The molecule has 2 amide bonds. The normalized spacial score (nSPS) is 12.8. The molecule has 32 heavy (non-hydrogen) atoms. The molecule has 0 aliphatic rings. The van der Waals surface area contributed by atoms with Crippen molar-refractivity contribution in [1.82, 2.24) is 10.2 Å². The lowest BCUT2D eigenvalue weighted by atomic mass is 10.1. The van der Waals surface area contributed by atoms with Crippen LogP contribution in [0.15, 0.2) is 36.4 Å². The SMILES string of the molecule is CCC(C)NC(=O)C(C)N(Cc1c(Cl)cccc1Cl)C(=O)CSCc1cc(C)cc(C)c1. The number of benzene rings is 2. The monoisotopic (exact) mass is 494 g/mol. The molecule has 0 bridgehead atoms. The van der Waals surface area contributed by atoms with Gasteiger partial charge in [0.2, 0.25) is 11.8 Å². The highest BCUT2D eigenvalue weighted by molar-refractivity contribution is 7.99. The van der Waals surface area contributed by atoms with Gasteiger partial charge in [-0.05, 0) is 51.8 Å². The first kappa shape index (κ1) is 26.6. The molecule has 1 N–H and O–H groups in total. The van der Waals surface area contributed by atoms with E-state index in [1.165, 1.54) is 28.5 Å². The van der Waals surface area contributed by atoms with E-state index in [-0.39, 0.29) is 30.2 Å². The number of amides is 2. The zero-order valence-corrected chi connectivity index (χ0v) is 21.7. The maximum Gasteiger partial charge on any atom is 0.242 e. The van der Waals surface area contributed by atoms with Gasteiger partial charge in [0, 0.05) is 33.9 Å². The van der Waals surface area contributed by atoms with Crippen LogP contribution in [-0.2, 0) is 21.9 Å². The summed E-state index contributed by atoms with van der Waals surface area (Å²) in [7, 11) is 0. The molecule has 0 saturated carbocycles. The maximum atomic E-state index is 13.2. The van der Waals surface area contributed by atoms with Gasteiger partial charge in [-0.1, -0.05) is 65.5 Å². The number of thioether (sulfide) groups is 1. The highest BCUT2D eigenvalue weighted by atomic mass is 35.5. The highest BCUT2D eigenvalue weighted by Crippen LogP contribution is 2.27. The van der Waals surface area contributed by atoms with Crippen molar-refractivity contribution in [3.8, 4) is 0 Å². The Morgan fingerprint density at radius 3 is 2.22 bits per heavy atom. The van der Waals surface area contributed by atoms with Gasteiger partial charge in [0.1, 0.15) is 6.04 Å². The van der Waals surface area contributed by atoms with Gasteiger partial charge in [-0.25, -0.2) is 0 Å². The van der Waals surface area contributed by atoms with E-state index in [0.29, 0.717) is 15.6 Å². The molecular formula is C25H32Cl2N2O2S. The summed E-state index contributed by atoms with van der Waals surface area (Å²) in [6.45, 7) is 10.0. The van der Waals surface area contributed by atoms with Gasteiger partial charge in [-0.2, -0.15) is 0 Å². The van der Waals surface area contributed by atoms with Crippen LogP contribution >= 0.6 is 35.0 Å². The second kappa shape index (κ2) is 12.5. The third-order valence-corrected chi connectivity index (χ3v) is 7.03. The summed E-state index contributed by atoms with van der Waals surface area (Å²) in [6.07, 6.45) is 0.814. The lowest BCUT2D eigenvalue weighted by molar-refractivity contribution is -0.138. The number of nitrogens with zero attached hydrogens (tertiary/aromatic N) is 1. The van der Waals surface area contributed by atoms with Crippen LogP contribution < -0.4 is 5.32 Å². The number of carbonyl (C=O) groups excluding carboxylic acids is 2. The van der Waals surface area contributed by atoms with E-state index < -0.39 is 6.04 Å². The number of carbonyl (C=O) groups is 2. The van der Waals surface area contributed by atoms with Gasteiger partial charge in [0.05, 0.1) is 5.75 Å². The molecule has 174 valence electrons.